The molecule has 1 amide bonds. The van der Waals surface area contributed by atoms with Crippen LogP contribution < -0.4 is 20.3 Å². The van der Waals surface area contributed by atoms with Gasteiger partial charge in [-0.05, 0) is 37.1 Å². The molecule has 2 aromatic carbocycles. The number of aromatic nitrogens is 1. The SMILES string of the molecule is CCCCc1[nH]c(=O)c(C2=NN=C(CNC(=O)c3ccccc3)C2)c(O)c1-c1c(OC)cccc1OC. The van der Waals surface area contributed by atoms with Gasteiger partial charge < -0.3 is 24.9 Å². The van der Waals surface area contributed by atoms with Crippen LogP contribution in [0.25, 0.3) is 11.1 Å². The Balaban J connectivity index is 1.67. The Hall–Kier alpha value is -4.40. The molecule has 3 aromatic rings. The Bertz CT molecular complexity index is 1390. The maximum atomic E-state index is 13.2. The van der Waals surface area contributed by atoms with E-state index in [4.69, 9.17) is 9.47 Å². The third-order valence-corrected chi connectivity index (χ3v) is 6.19. The molecule has 0 aliphatic carbocycles. The van der Waals surface area contributed by atoms with Gasteiger partial charge in [0.1, 0.15) is 22.8 Å². The summed E-state index contributed by atoms with van der Waals surface area (Å²) < 4.78 is 11.2. The van der Waals surface area contributed by atoms with Gasteiger partial charge in [-0.15, -0.1) is 0 Å². The Morgan fingerprint density at radius 1 is 1.00 bits per heavy atom. The lowest BCUT2D eigenvalue weighted by atomic mass is 9.94. The van der Waals surface area contributed by atoms with E-state index < -0.39 is 5.56 Å². The highest BCUT2D eigenvalue weighted by Crippen LogP contribution is 2.45. The van der Waals surface area contributed by atoms with Crippen LogP contribution >= 0.6 is 0 Å². The zero-order chi connectivity index (χ0) is 26.4. The molecule has 2 heterocycles. The zero-order valence-electron chi connectivity index (χ0n) is 21.1. The minimum atomic E-state index is -0.454. The second-order valence-electron chi connectivity index (χ2n) is 8.61. The number of aryl methyl sites for hydroxylation is 1. The van der Waals surface area contributed by atoms with Crippen LogP contribution in [0.4, 0.5) is 0 Å². The number of aromatic hydroxyl groups is 1. The van der Waals surface area contributed by atoms with Crippen molar-refractivity contribution in [2.24, 2.45) is 10.2 Å². The van der Waals surface area contributed by atoms with E-state index in [0.717, 1.165) is 12.8 Å². The fraction of sp³-hybridized carbons (Fsp3) is 0.286. The van der Waals surface area contributed by atoms with Gasteiger partial charge in [0.05, 0.1) is 43.3 Å². The van der Waals surface area contributed by atoms with E-state index in [1.54, 1.807) is 56.7 Å². The van der Waals surface area contributed by atoms with Crippen LogP contribution in [-0.4, -0.2) is 48.2 Å². The van der Waals surface area contributed by atoms with Crippen molar-refractivity contribution in [3.8, 4) is 28.4 Å². The Kier molecular flexibility index (Phi) is 8.02. The van der Waals surface area contributed by atoms with Crippen molar-refractivity contribution in [3.63, 3.8) is 0 Å². The van der Waals surface area contributed by atoms with Gasteiger partial charge in [-0.3, -0.25) is 9.59 Å². The number of hydrogen-bond donors (Lipinski definition) is 3. The van der Waals surface area contributed by atoms with Crippen LogP contribution in [0.5, 0.6) is 17.2 Å². The van der Waals surface area contributed by atoms with Crippen molar-refractivity contribution in [2.75, 3.05) is 20.8 Å². The highest BCUT2D eigenvalue weighted by molar-refractivity contribution is 6.17. The average Bonchev–Trinajstić information content (AvgIpc) is 3.39. The van der Waals surface area contributed by atoms with Crippen LogP contribution in [0.2, 0.25) is 0 Å². The smallest absolute Gasteiger partial charge is 0.261 e. The first kappa shape index (κ1) is 25.7. The van der Waals surface area contributed by atoms with E-state index in [-0.39, 0.29) is 30.2 Å². The molecule has 9 nitrogen and oxygen atoms in total. The van der Waals surface area contributed by atoms with Crippen LogP contribution in [0, 0.1) is 0 Å². The number of nitrogens with zero attached hydrogens (tertiary/aromatic N) is 2. The van der Waals surface area contributed by atoms with Crippen molar-refractivity contribution in [3.05, 3.63) is 75.7 Å². The standard InChI is InChI=1S/C28H30N4O5/c1-4-5-12-19-23(25-21(36-2)13-9-14-22(25)37-3)26(33)24(28(35)30-19)20-15-18(31-32-20)16-29-27(34)17-10-7-6-8-11-17/h6-11,13-14H,4-5,12,15-16H2,1-3H3,(H,29,34)(H2,30,33,35). The lowest BCUT2D eigenvalue weighted by Gasteiger charge is -2.19. The number of benzene rings is 2. The molecule has 0 unspecified atom stereocenters. The summed E-state index contributed by atoms with van der Waals surface area (Å²) in [4.78, 5) is 28.5. The molecule has 37 heavy (non-hydrogen) atoms. The van der Waals surface area contributed by atoms with Gasteiger partial charge in [-0.25, -0.2) is 0 Å². The van der Waals surface area contributed by atoms with Crippen LogP contribution in [-0.2, 0) is 6.42 Å². The van der Waals surface area contributed by atoms with Gasteiger partial charge in [0, 0.05) is 17.7 Å². The number of carbonyl (C=O) groups excluding carboxylic acids is 1. The van der Waals surface area contributed by atoms with Crippen molar-refractivity contribution < 1.29 is 19.4 Å². The predicted molar refractivity (Wildman–Crippen MR) is 143 cm³/mol. The van der Waals surface area contributed by atoms with E-state index in [1.807, 2.05) is 6.07 Å². The van der Waals surface area contributed by atoms with Gasteiger partial charge >= 0.3 is 0 Å². The summed E-state index contributed by atoms with van der Waals surface area (Å²) in [7, 11) is 3.08. The molecule has 0 saturated heterocycles. The molecule has 4 rings (SSSR count). The second-order valence-corrected chi connectivity index (χ2v) is 8.61. The summed E-state index contributed by atoms with van der Waals surface area (Å²) in [6.07, 6.45) is 2.48. The van der Waals surface area contributed by atoms with Crippen molar-refractivity contribution in [1.82, 2.24) is 10.3 Å². The number of unbranched alkanes of at least 4 members (excludes halogenated alkanes) is 1. The van der Waals surface area contributed by atoms with Gasteiger partial charge in [-0.1, -0.05) is 37.6 Å². The molecule has 1 aliphatic heterocycles. The predicted octanol–water partition coefficient (Wildman–Crippen LogP) is 4.09. The summed E-state index contributed by atoms with van der Waals surface area (Å²) in [5.74, 6) is 0.558. The van der Waals surface area contributed by atoms with E-state index in [9.17, 15) is 14.7 Å². The molecular weight excluding hydrogens is 472 g/mol. The summed E-state index contributed by atoms with van der Waals surface area (Å²) in [6.45, 7) is 2.22. The van der Waals surface area contributed by atoms with E-state index in [2.05, 4.69) is 27.4 Å². The Morgan fingerprint density at radius 3 is 2.35 bits per heavy atom. The molecule has 0 spiro atoms. The second kappa shape index (κ2) is 11.6. The van der Waals surface area contributed by atoms with E-state index in [0.29, 0.717) is 51.7 Å². The molecular formula is C28H30N4O5. The summed E-state index contributed by atoms with van der Waals surface area (Å²) >= 11 is 0. The number of hydrogen-bond acceptors (Lipinski definition) is 7. The first-order chi connectivity index (χ1) is 18.0. The maximum absolute atomic E-state index is 13.2. The lowest BCUT2D eigenvalue weighted by Crippen LogP contribution is -2.30. The van der Waals surface area contributed by atoms with Crippen molar-refractivity contribution in [2.45, 2.75) is 32.6 Å². The van der Waals surface area contributed by atoms with Gasteiger partial charge in [0.25, 0.3) is 11.5 Å². The fourth-order valence-corrected chi connectivity index (χ4v) is 4.32. The summed E-state index contributed by atoms with van der Waals surface area (Å²) in [6, 6.07) is 14.2. The lowest BCUT2D eigenvalue weighted by molar-refractivity contribution is 0.0959. The number of aromatic amines is 1. The fourth-order valence-electron chi connectivity index (χ4n) is 4.32. The van der Waals surface area contributed by atoms with Gasteiger partial charge in [0.15, 0.2) is 0 Å². The summed E-state index contributed by atoms with van der Waals surface area (Å²) in [5, 5.41) is 22.7. The number of H-pyrrole nitrogens is 1. The quantitative estimate of drug-likeness (QED) is 0.385. The number of carbonyl (C=O) groups is 1. The number of nitrogens with one attached hydrogen (secondary N) is 2. The molecule has 3 N–H and O–H groups in total. The zero-order valence-corrected chi connectivity index (χ0v) is 21.1. The Labute approximate surface area is 214 Å². The maximum Gasteiger partial charge on any atom is 0.261 e. The average molecular weight is 503 g/mol. The first-order valence-corrected chi connectivity index (χ1v) is 12.1. The highest BCUT2D eigenvalue weighted by atomic mass is 16.5. The molecule has 9 heteroatoms. The molecule has 0 fully saturated rings. The third kappa shape index (κ3) is 5.40. The number of ether oxygens (including phenoxy) is 2. The monoisotopic (exact) mass is 502 g/mol. The largest absolute Gasteiger partial charge is 0.506 e. The van der Waals surface area contributed by atoms with Gasteiger partial charge in [-0.2, -0.15) is 10.2 Å². The minimum Gasteiger partial charge on any atom is -0.506 e. The molecule has 192 valence electrons. The van der Waals surface area contributed by atoms with Gasteiger partial charge in [0.2, 0.25) is 0 Å². The number of methoxy groups -OCH3 is 2. The van der Waals surface area contributed by atoms with Crippen LogP contribution in [0.15, 0.2) is 63.5 Å². The van der Waals surface area contributed by atoms with E-state index >= 15 is 0 Å². The topological polar surface area (TPSA) is 125 Å². The highest BCUT2D eigenvalue weighted by Gasteiger charge is 2.28. The van der Waals surface area contributed by atoms with Crippen LogP contribution in [0.1, 0.15) is 47.8 Å². The summed E-state index contributed by atoms with van der Waals surface area (Å²) in [5.41, 5.74) is 2.58. The van der Waals surface area contributed by atoms with Crippen LogP contribution in [0.3, 0.4) is 0 Å². The first-order valence-electron chi connectivity index (χ1n) is 12.1. The van der Waals surface area contributed by atoms with Crippen molar-refractivity contribution >= 4 is 17.3 Å². The molecule has 0 atom stereocenters. The number of amides is 1. The normalized spacial score (nSPS) is 12.6. The number of pyridine rings is 1. The van der Waals surface area contributed by atoms with E-state index in [1.165, 1.54) is 0 Å². The molecule has 0 radical (unpaired) electrons. The molecule has 0 saturated carbocycles. The molecule has 1 aliphatic rings. The third-order valence-electron chi connectivity index (χ3n) is 6.19. The minimum absolute atomic E-state index is 0.0383. The van der Waals surface area contributed by atoms with Crippen molar-refractivity contribution in [1.29, 1.82) is 0 Å². The number of rotatable bonds is 10. The molecule has 0 bridgehead atoms. The molecule has 1 aromatic heterocycles. The Morgan fingerprint density at radius 2 is 1.70 bits per heavy atom.